The van der Waals surface area contributed by atoms with E-state index in [0.29, 0.717) is 6.42 Å². The Bertz CT molecular complexity index is 420. The van der Waals surface area contributed by atoms with E-state index in [9.17, 15) is 13.2 Å². The molecule has 0 radical (unpaired) electrons. The van der Waals surface area contributed by atoms with Crippen molar-refractivity contribution in [2.45, 2.75) is 37.7 Å². The molecule has 2 rings (SSSR count). The average Bonchev–Trinajstić information content (AvgIpc) is 2.41. The molecule has 0 aromatic rings. The number of alkyl halides is 1. The number of carbonyl (C=O) groups is 1. The molecule has 5 atom stereocenters. The van der Waals surface area contributed by atoms with Crippen molar-refractivity contribution in [1.29, 1.82) is 0 Å². The van der Waals surface area contributed by atoms with E-state index in [2.05, 4.69) is 15.9 Å². The summed E-state index contributed by atoms with van der Waals surface area (Å²) in [6.07, 6.45) is -0.513. The molecule has 5 unspecified atom stereocenters. The van der Waals surface area contributed by atoms with Gasteiger partial charge in [-0.25, -0.2) is 0 Å². The lowest BCUT2D eigenvalue weighted by Crippen LogP contribution is -2.45. The molecular formula is C10H15BrO5S. The highest BCUT2D eigenvalue weighted by Crippen LogP contribution is 2.43. The first-order chi connectivity index (χ1) is 7.86. The standard InChI is InChI=1S/C10H15BrO5S/c1-5-3-7-6(2)10(16-17(7,13)14)9(5)15-8(12)4-11/h5-7,9-10H,3-4H2,1-2H3. The van der Waals surface area contributed by atoms with Gasteiger partial charge in [0, 0.05) is 5.92 Å². The molecule has 0 aromatic carbocycles. The van der Waals surface area contributed by atoms with Crippen molar-refractivity contribution in [1.82, 2.24) is 0 Å². The Hall–Kier alpha value is -0.140. The van der Waals surface area contributed by atoms with E-state index in [1.54, 1.807) is 0 Å². The summed E-state index contributed by atoms with van der Waals surface area (Å²) in [5.74, 6) is -0.508. The Labute approximate surface area is 109 Å². The average molecular weight is 327 g/mol. The van der Waals surface area contributed by atoms with Crippen LogP contribution in [0.2, 0.25) is 0 Å². The Morgan fingerprint density at radius 3 is 2.71 bits per heavy atom. The lowest BCUT2D eigenvalue weighted by atomic mass is 9.79. The zero-order valence-electron chi connectivity index (χ0n) is 9.63. The molecule has 2 aliphatic rings. The molecule has 0 aromatic heterocycles. The number of rotatable bonds is 2. The Morgan fingerprint density at radius 2 is 2.12 bits per heavy atom. The maximum atomic E-state index is 11.7. The Balaban J connectivity index is 2.22. The lowest BCUT2D eigenvalue weighted by Gasteiger charge is -2.34. The minimum absolute atomic E-state index is 0.00137. The molecule has 0 amide bonds. The fourth-order valence-corrected chi connectivity index (χ4v) is 4.75. The van der Waals surface area contributed by atoms with Crippen LogP contribution >= 0.6 is 15.9 Å². The van der Waals surface area contributed by atoms with E-state index in [1.807, 2.05) is 13.8 Å². The predicted octanol–water partition coefficient (Wildman–Crippen LogP) is 1.07. The number of hydrogen-bond donors (Lipinski definition) is 0. The smallest absolute Gasteiger partial charge is 0.316 e. The van der Waals surface area contributed by atoms with E-state index >= 15 is 0 Å². The predicted molar refractivity (Wildman–Crippen MR) is 64.2 cm³/mol. The van der Waals surface area contributed by atoms with Crippen LogP contribution in [0.5, 0.6) is 0 Å². The van der Waals surface area contributed by atoms with Gasteiger partial charge in [-0.3, -0.25) is 8.98 Å². The number of hydrogen-bond acceptors (Lipinski definition) is 5. The molecule has 2 fully saturated rings. The Morgan fingerprint density at radius 1 is 1.47 bits per heavy atom. The highest BCUT2D eigenvalue weighted by molar-refractivity contribution is 9.09. The summed E-state index contributed by atoms with van der Waals surface area (Å²) in [5.41, 5.74) is 0. The first-order valence-corrected chi connectivity index (χ1v) is 8.13. The normalized spacial score (nSPS) is 43.4. The molecule has 1 saturated heterocycles. The van der Waals surface area contributed by atoms with E-state index in [4.69, 9.17) is 8.92 Å². The van der Waals surface area contributed by atoms with Crippen LogP contribution in [0, 0.1) is 11.8 Å². The van der Waals surface area contributed by atoms with Crippen molar-refractivity contribution in [3.8, 4) is 0 Å². The molecule has 1 aliphatic carbocycles. The topological polar surface area (TPSA) is 69.7 Å². The fourth-order valence-electron chi connectivity index (χ4n) is 2.67. The quantitative estimate of drug-likeness (QED) is 0.431. The summed E-state index contributed by atoms with van der Waals surface area (Å²) < 4.78 is 33.8. The summed E-state index contributed by atoms with van der Waals surface area (Å²) in [6.45, 7) is 3.73. The number of fused-ring (bicyclic) bond motifs is 2. The molecule has 0 N–H and O–H groups in total. The van der Waals surface area contributed by atoms with Gasteiger partial charge in [-0.15, -0.1) is 0 Å². The van der Waals surface area contributed by atoms with E-state index in [-0.39, 0.29) is 23.1 Å². The SMILES string of the molecule is CC1CC2C(C)C(OS2(=O)=O)C1OC(=O)CBr. The highest BCUT2D eigenvalue weighted by Gasteiger charge is 2.56. The molecule has 1 aliphatic heterocycles. The first kappa shape index (κ1) is 13.3. The molecular weight excluding hydrogens is 312 g/mol. The number of carbonyl (C=O) groups excluding carboxylic acids is 1. The van der Waals surface area contributed by atoms with Crippen molar-refractivity contribution in [3.05, 3.63) is 0 Å². The largest absolute Gasteiger partial charge is 0.459 e. The van der Waals surface area contributed by atoms with Crippen LogP contribution in [0.4, 0.5) is 0 Å². The van der Waals surface area contributed by atoms with Crippen LogP contribution in [0.1, 0.15) is 20.3 Å². The van der Waals surface area contributed by atoms with E-state index in [0.717, 1.165) is 0 Å². The van der Waals surface area contributed by atoms with Crippen molar-refractivity contribution in [2.75, 3.05) is 5.33 Å². The molecule has 17 heavy (non-hydrogen) atoms. The monoisotopic (exact) mass is 326 g/mol. The van der Waals surface area contributed by atoms with Gasteiger partial charge in [-0.2, -0.15) is 8.42 Å². The summed E-state index contributed by atoms with van der Waals surface area (Å²) >= 11 is 3.02. The lowest BCUT2D eigenvalue weighted by molar-refractivity contribution is -0.157. The van der Waals surface area contributed by atoms with Crippen LogP contribution in [-0.4, -0.2) is 37.2 Å². The molecule has 2 bridgehead atoms. The number of ether oxygens (including phenoxy) is 1. The van der Waals surface area contributed by atoms with Crippen LogP contribution in [0.15, 0.2) is 0 Å². The van der Waals surface area contributed by atoms with Crippen molar-refractivity contribution < 1.29 is 22.1 Å². The van der Waals surface area contributed by atoms with E-state index in [1.165, 1.54) is 0 Å². The zero-order chi connectivity index (χ0) is 12.8. The summed E-state index contributed by atoms with van der Waals surface area (Å²) in [7, 11) is -3.48. The summed E-state index contributed by atoms with van der Waals surface area (Å²) in [5, 5.41) is -0.352. The first-order valence-electron chi connectivity index (χ1n) is 5.54. The molecule has 1 heterocycles. The second-order valence-corrected chi connectivity index (χ2v) is 7.10. The molecule has 1 saturated carbocycles. The van der Waals surface area contributed by atoms with Gasteiger partial charge in [0.1, 0.15) is 17.5 Å². The van der Waals surface area contributed by atoms with Crippen LogP contribution in [-0.2, 0) is 23.8 Å². The second-order valence-electron chi connectivity index (χ2n) is 4.75. The van der Waals surface area contributed by atoms with Gasteiger partial charge in [0.2, 0.25) is 0 Å². The Kier molecular flexibility index (Phi) is 3.53. The van der Waals surface area contributed by atoms with Gasteiger partial charge in [0.05, 0.1) is 5.25 Å². The van der Waals surface area contributed by atoms with Gasteiger partial charge in [0.25, 0.3) is 10.1 Å². The van der Waals surface area contributed by atoms with Crippen LogP contribution < -0.4 is 0 Å². The number of esters is 1. The maximum absolute atomic E-state index is 11.7. The van der Waals surface area contributed by atoms with Gasteiger partial charge in [0.15, 0.2) is 0 Å². The van der Waals surface area contributed by atoms with Crippen molar-refractivity contribution in [3.63, 3.8) is 0 Å². The van der Waals surface area contributed by atoms with Crippen molar-refractivity contribution in [2.24, 2.45) is 11.8 Å². The molecule has 98 valence electrons. The second kappa shape index (κ2) is 4.51. The van der Waals surface area contributed by atoms with Crippen LogP contribution in [0.3, 0.4) is 0 Å². The van der Waals surface area contributed by atoms with Gasteiger partial charge >= 0.3 is 5.97 Å². The fraction of sp³-hybridized carbons (Fsp3) is 0.900. The van der Waals surface area contributed by atoms with Gasteiger partial charge in [-0.05, 0) is 12.3 Å². The zero-order valence-corrected chi connectivity index (χ0v) is 12.0. The minimum atomic E-state index is -3.48. The molecule has 7 heteroatoms. The highest BCUT2D eigenvalue weighted by atomic mass is 79.9. The van der Waals surface area contributed by atoms with Crippen molar-refractivity contribution >= 4 is 32.0 Å². The van der Waals surface area contributed by atoms with Crippen LogP contribution in [0.25, 0.3) is 0 Å². The maximum Gasteiger partial charge on any atom is 0.316 e. The third-order valence-electron chi connectivity index (χ3n) is 3.59. The number of halogens is 1. The van der Waals surface area contributed by atoms with E-state index < -0.39 is 27.6 Å². The summed E-state index contributed by atoms with van der Waals surface area (Å²) in [4.78, 5) is 11.3. The van der Waals surface area contributed by atoms with Gasteiger partial charge in [-0.1, -0.05) is 29.8 Å². The molecule has 0 spiro atoms. The third kappa shape index (κ3) is 2.24. The molecule has 5 nitrogen and oxygen atoms in total. The van der Waals surface area contributed by atoms with Gasteiger partial charge < -0.3 is 4.74 Å². The summed E-state index contributed by atoms with van der Waals surface area (Å²) in [6, 6.07) is 0. The minimum Gasteiger partial charge on any atom is -0.459 e. The third-order valence-corrected chi connectivity index (χ3v) is 5.90.